The van der Waals surface area contributed by atoms with Crippen molar-refractivity contribution in [2.45, 2.75) is 25.6 Å². The van der Waals surface area contributed by atoms with Crippen LogP contribution in [-0.2, 0) is 6.18 Å². The molecule has 0 bridgehead atoms. The Morgan fingerprint density at radius 1 is 1.10 bits per heavy atom. The Morgan fingerprint density at radius 3 is 2.63 bits per heavy atom. The fourth-order valence-electron chi connectivity index (χ4n) is 3.32. The molecule has 4 aromatic rings. The van der Waals surface area contributed by atoms with Crippen molar-refractivity contribution in [1.29, 1.82) is 0 Å². The van der Waals surface area contributed by atoms with Gasteiger partial charge >= 0.3 is 6.18 Å². The molecule has 154 valence electrons. The maximum atomic E-state index is 13.2. The number of hydrogen-bond donors (Lipinski definition) is 1. The van der Waals surface area contributed by atoms with Gasteiger partial charge in [0.15, 0.2) is 5.69 Å². The van der Waals surface area contributed by atoms with E-state index >= 15 is 0 Å². The van der Waals surface area contributed by atoms with Gasteiger partial charge in [0.1, 0.15) is 11.4 Å². The van der Waals surface area contributed by atoms with Crippen molar-refractivity contribution in [3.63, 3.8) is 0 Å². The molecule has 0 amide bonds. The zero-order valence-corrected chi connectivity index (χ0v) is 16.5. The lowest BCUT2D eigenvalue weighted by Crippen LogP contribution is -2.08. The van der Waals surface area contributed by atoms with E-state index < -0.39 is 11.9 Å². The number of benzene rings is 1. The second-order valence-electron chi connectivity index (χ2n) is 6.60. The maximum Gasteiger partial charge on any atom is 0.437 e. The van der Waals surface area contributed by atoms with E-state index in [0.717, 1.165) is 12.0 Å². The van der Waals surface area contributed by atoms with Gasteiger partial charge in [-0.05, 0) is 30.2 Å². The molecule has 1 aromatic carbocycles. The Bertz CT molecular complexity index is 1170. The summed E-state index contributed by atoms with van der Waals surface area (Å²) in [6.45, 7) is 2.04. The molecule has 0 saturated heterocycles. The predicted octanol–water partition coefficient (Wildman–Crippen LogP) is 5.40. The zero-order valence-electron chi connectivity index (χ0n) is 15.7. The summed E-state index contributed by atoms with van der Waals surface area (Å²) in [6, 6.07) is 10.5. The third kappa shape index (κ3) is 3.80. The minimum absolute atomic E-state index is 0.0319. The number of halogens is 4. The van der Waals surface area contributed by atoms with Gasteiger partial charge in [-0.15, -0.1) is 0 Å². The van der Waals surface area contributed by atoms with Gasteiger partial charge in [-0.2, -0.15) is 28.6 Å². The molecular weight excluding hydrogens is 417 g/mol. The first-order chi connectivity index (χ1) is 14.4. The van der Waals surface area contributed by atoms with Crippen molar-refractivity contribution in [2.75, 3.05) is 0 Å². The maximum absolute atomic E-state index is 13.2. The van der Waals surface area contributed by atoms with E-state index in [-0.39, 0.29) is 17.3 Å². The SMILES string of the molecule is CCC(c1ccccc1Cl)n1cnc(-c2cc(-c3n[nH]nc3C(F)(F)F)ccn2)c1. The standard InChI is InChI=1S/C20H16ClF3N6/c1-2-17(13-5-3-4-6-14(13)21)30-10-16(26-11-30)15-9-12(7-8-25-15)18-19(20(22,23)24)28-29-27-18/h3-11,17H,2H2,1H3,(H,27,28,29). The molecule has 3 heterocycles. The number of pyridine rings is 1. The van der Waals surface area contributed by atoms with E-state index in [0.29, 0.717) is 16.4 Å². The first kappa shape index (κ1) is 20.1. The average Bonchev–Trinajstić information content (AvgIpc) is 3.40. The van der Waals surface area contributed by atoms with Gasteiger partial charge in [-0.1, -0.05) is 36.7 Å². The van der Waals surface area contributed by atoms with Crippen LogP contribution in [0.25, 0.3) is 22.6 Å². The second kappa shape index (κ2) is 7.91. The Kier molecular flexibility index (Phi) is 5.29. The molecular formula is C20H16ClF3N6. The number of H-pyrrole nitrogens is 1. The highest BCUT2D eigenvalue weighted by Crippen LogP contribution is 2.35. The summed E-state index contributed by atoms with van der Waals surface area (Å²) in [4.78, 5) is 8.65. The highest BCUT2D eigenvalue weighted by molar-refractivity contribution is 6.31. The number of aromatic amines is 1. The van der Waals surface area contributed by atoms with Crippen molar-refractivity contribution in [3.8, 4) is 22.6 Å². The first-order valence-electron chi connectivity index (χ1n) is 9.11. The van der Waals surface area contributed by atoms with E-state index in [1.165, 1.54) is 18.3 Å². The van der Waals surface area contributed by atoms with Gasteiger partial charge in [0, 0.05) is 23.0 Å². The molecule has 0 aliphatic rings. The summed E-state index contributed by atoms with van der Waals surface area (Å²) < 4.78 is 41.4. The molecule has 0 aliphatic carbocycles. The van der Waals surface area contributed by atoms with Crippen LogP contribution in [0.5, 0.6) is 0 Å². The molecule has 6 nitrogen and oxygen atoms in total. The minimum Gasteiger partial charge on any atom is -0.329 e. The molecule has 0 radical (unpaired) electrons. The fourth-order valence-corrected chi connectivity index (χ4v) is 3.59. The summed E-state index contributed by atoms with van der Waals surface area (Å²) >= 11 is 6.35. The molecule has 10 heteroatoms. The van der Waals surface area contributed by atoms with Crippen LogP contribution in [0, 0.1) is 0 Å². The molecule has 0 fully saturated rings. The van der Waals surface area contributed by atoms with E-state index in [9.17, 15) is 13.2 Å². The Hall–Kier alpha value is -3.20. The predicted molar refractivity (Wildman–Crippen MR) is 106 cm³/mol. The van der Waals surface area contributed by atoms with Gasteiger partial charge in [0.05, 0.1) is 18.1 Å². The van der Waals surface area contributed by atoms with Crippen LogP contribution >= 0.6 is 11.6 Å². The number of nitrogens with zero attached hydrogens (tertiary/aromatic N) is 5. The van der Waals surface area contributed by atoms with Crippen molar-refractivity contribution < 1.29 is 13.2 Å². The highest BCUT2D eigenvalue weighted by atomic mass is 35.5. The lowest BCUT2D eigenvalue weighted by molar-refractivity contribution is -0.140. The largest absolute Gasteiger partial charge is 0.437 e. The topological polar surface area (TPSA) is 72.3 Å². The number of alkyl halides is 3. The fraction of sp³-hybridized carbons (Fsp3) is 0.200. The minimum atomic E-state index is -4.61. The van der Waals surface area contributed by atoms with Crippen LogP contribution in [0.15, 0.2) is 55.1 Å². The van der Waals surface area contributed by atoms with Crippen LogP contribution in [0.1, 0.15) is 30.6 Å². The Morgan fingerprint density at radius 2 is 1.90 bits per heavy atom. The molecule has 3 aromatic heterocycles. The molecule has 0 saturated carbocycles. The summed E-state index contributed by atoms with van der Waals surface area (Å²) in [7, 11) is 0. The van der Waals surface area contributed by atoms with Gasteiger partial charge in [0.25, 0.3) is 0 Å². The van der Waals surface area contributed by atoms with E-state index in [1.54, 1.807) is 12.5 Å². The summed E-state index contributed by atoms with van der Waals surface area (Å²) in [6.07, 6.45) is 1.05. The number of nitrogens with one attached hydrogen (secondary N) is 1. The Labute approximate surface area is 174 Å². The monoisotopic (exact) mass is 432 g/mol. The smallest absolute Gasteiger partial charge is 0.329 e. The van der Waals surface area contributed by atoms with Gasteiger partial charge in [-0.25, -0.2) is 4.98 Å². The van der Waals surface area contributed by atoms with E-state index in [2.05, 4.69) is 20.2 Å². The molecule has 1 atom stereocenters. The molecule has 1 N–H and O–H groups in total. The Balaban J connectivity index is 1.69. The van der Waals surface area contributed by atoms with Crippen LogP contribution in [-0.4, -0.2) is 29.9 Å². The molecule has 4 rings (SSSR count). The molecule has 30 heavy (non-hydrogen) atoms. The van der Waals surface area contributed by atoms with E-state index in [1.807, 2.05) is 41.0 Å². The number of rotatable bonds is 5. The molecule has 1 unspecified atom stereocenters. The summed E-state index contributed by atoms with van der Waals surface area (Å²) in [5, 5.41) is 9.59. The number of aromatic nitrogens is 6. The molecule has 0 spiro atoms. The van der Waals surface area contributed by atoms with Gasteiger partial charge in [-0.3, -0.25) is 4.98 Å². The normalized spacial score (nSPS) is 12.8. The zero-order chi connectivity index (χ0) is 21.3. The van der Waals surface area contributed by atoms with Gasteiger partial charge in [0.2, 0.25) is 0 Å². The molecule has 0 aliphatic heterocycles. The lowest BCUT2D eigenvalue weighted by Gasteiger charge is -2.18. The number of hydrogen-bond acceptors (Lipinski definition) is 4. The third-order valence-corrected chi connectivity index (χ3v) is 5.07. The third-order valence-electron chi connectivity index (χ3n) is 4.72. The number of imidazole rings is 1. The highest BCUT2D eigenvalue weighted by Gasteiger charge is 2.38. The van der Waals surface area contributed by atoms with Crippen LogP contribution < -0.4 is 0 Å². The summed E-state index contributed by atoms with van der Waals surface area (Å²) in [5.41, 5.74) is 0.803. The van der Waals surface area contributed by atoms with E-state index in [4.69, 9.17) is 11.6 Å². The summed E-state index contributed by atoms with van der Waals surface area (Å²) in [5.74, 6) is 0. The van der Waals surface area contributed by atoms with Crippen LogP contribution in [0.2, 0.25) is 5.02 Å². The van der Waals surface area contributed by atoms with Crippen molar-refractivity contribution in [1.82, 2.24) is 29.9 Å². The second-order valence-corrected chi connectivity index (χ2v) is 7.01. The van der Waals surface area contributed by atoms with Crippen LogP contribution in [0.3, 0.4) is 0 Å². The van der Waals surface area contributed by atoms with Crippen molar-refractivity contribution >= 4 is 11.6 Å². The first-order valence-corrected chi connectivity index (χ1v) is 9.49. The lowest BCUT2D eigenvalue weighted by atomic mass is 10.0. The van der Waals surface area contributed by atoms with Crippen molar-refractivity contribution in [3.05, 3.63) is 71.4 Å². The average molecular weight is 433 g/mol. The van der Waals surface area contributed by atoms with Crippen LogP contribution in [0.4, 0.5) is 13.2 Å². The van der Waals surface area contributed by atoms with Gasteiger partial charge < -0.3 is 4.57 Å². The van der Waals surface area contributed by atoms with Crippen molar-refractivity contribution in [2.24, 2.45) is 0 Å². The quantitative estimate of drug-likeness (QED) is 0.458.